The molecule has 0 spiro atoms. The Morgan fingerprint density at radius 2 is 2.18 bits per heavy atom. The number of carbonyl (C=O) groups excluding carboxylic acids is 1. The Labute approximate surface area is 98.0 Å². The Kier molecular flexibility index (Phi) is 2.90. The highest BCUT2D eigenvalue weighted by Crippen LogP contribution is 2.09. The summed E-state index contributed by atoms with van der Waals surface area (Å²) in [6, 6.07) is -0.202. The van der Waals surface area contributed by atoms with Gasteiger partial charge in [0.05, 0.1) is 11.7 Å². The minimum Gasteiger partial charge on any atom is -0.344 e. The summed E-state index contributed by atoms with van der Waals surface area (Å²) < 4.78 is 0. The number of imidazole rings is 1. The van der Waals surface area contributed by atoms with Crippen molar-refractivity contribution in [1.29, 1.82) is 0 Å². The first-order valence-electron chi connectivity index (χ1n) is 5.27. The average molecular weight is 234 g/mol. The van der Waals surface area contributed by atoms with Crippen LogP contribution in [-0.4, -0.2) is 31.3 Å². The van der Waals surface area contributed by atoms with E-state index in [4.69, 9.17) is 0 Å². The molecule has 0 saturated carbocycles. The van der Waals surface area contributed by atoms with Gasteiger partial charge in [0.15, 0.2) is 5.69 Å². The summed E-state index contributed by atoms with van der Waals surface area (Å²) in [5.74, 6) is 0.454. The van der Waals surface area contributed by atoms with E-state index in [0.717, 1.165) is 11.5 Å². The third-order valence-electron chi connectivity index (χ3n) is 2.42. The van der Waals surface area contributed by atoms with Gasteiger partial charge in [-0.05, 0) is 20.8 Å². The van der Waals surface area contributed by atoms with Crippen molar-refractivity contribution >= 4 is 5.91 Å². The fourth-order valence-corrected chi connectivity index (χ4v) is 1.49. The van der Waals surface area contributed by atoms with Gasteiger partial charge in [0.25, 0.3) is 5.91 Å². The lowest BCUT2D eigenvalue weighted by Crippen LogP contribution is -2.28. The van der Waals surface area contributed by atoms with Crippen LogP contribution in [0.25, 0.3) is 0 Å². The molecule has 0 aliphatic carbocycles. The molecule has 2 rings (SSSR count). The monoisotopic (exact) mass is 234 g/mol. The Morgan fingerprint density at radius 3 is 2.71 bits per heavy atom. The minimum absolute atomic E-state index is 0.202. The van der Waals surface area contributed by atoms with Crippen LogP contribution in [0.1, 0.15) is 40.7 Å². The maximum atomic E-state index is 11.8. The smallest absolute Gasteiger partial charge is 0.274 e. The van der Waals surface area contributed by atoms with Gasteiger partial charge in [0, 0.05) is 11.9 Å². The number of aromatic amines is 2. The van der Waals surface area contributed by atoms with Gasteiger partial charge >= 0.3 is 0 Å². The van der Waals surface area contributed by atoms with Gasteiger partial charge in [0.1, 0.15) is 5.82 Å². The second-order valence-electron chi connectivity index (χ2n) is 3.90. The van der Waals surface area contributed by atoms with E-state index in [1.807, 2.05) is 13.8 Å². The Hall–Kier alpha value is -2.18. The first kappa shape index (κ1) is 11.3. The number of carbonyl (C=O) groups is 1. The summed E-state index contributed by atoms with van der Waals surface area (Å²) in [7, 11) is 0. The summed E-state index contributed by atoms with van der Waals surface area (Å²) in [6.07, 6.45) is 1.72. The largest absolute Gasteiger partial charge is 0.344 e. The third-order valence-corrected chi connectivity index (χ3v) is 2.42. The highest BCUT2D eigenvalue weighted by atomic mass is 16.2. The van der Waals surface area contributed by atoms with Crippen molar-refractivity contribution < 1.29 is 4.79 Å². The van der Waals surface area contributed by atoms with Crippen LogP contribution >= 0.6 is 0 Å². The number of hydrogen-bond acceptors (Lipinski definition) is 4. The molecule has 0 saturated heterocycles. The van der Waals surface area contributed by atoms with Gasteiger partial charge < -0.3 is 10.3 Å². The normalized spacial score (nSPS) is 12.4. The lowest BCUT2D eigenvalue weighted by molar-refractivity contribution is 0.0932. The molecule has 1 unspecified atom stereocenters. The molecule has 2 heterocycles. The maximum absolute atomic E-state index is 11.8. The molecule has 0 radical (unpaired) electrons. The molecule has 2 aromatic heterocycles. The molecule has 1 atom stereocenters. The second-order valence-corrected chi connectivity index (χ2v) is 3.90. The van der Waals surface area contributed by atoms with Crippen LogP contribution < -0.4 is 5.32 Å². The van der Waals surface area contributed by atoms with Crippen LogP contribution in [0.3, 0.4) is 0 Å². The Balaban J connectivity index is 2.07. The van der Waals surface area contributed by atoms with Crippen LogP contribution in [0.15, 0.2) is 6.20 Å². The highest BCUT2D eigenvalue weighted by molar-refractivity contribution is 5.93. The van der Waals surface area contributed by atoms with Gasteiger partial charge in [-0.3, -0.25) is 4.79 Å². The van der Waals surface area contributed by atoms with E-state index >= 15 is 0 Å². The number of aromatic nitrogens is 5. The van der Waals surface area contributed by atoms with Gasteiger partial charge in [0.2, 0.25) is 0 Å². The molecule has 0 bridgehead atoms. The van der Waals surface area contributed by atoms with E-state index in [9.17, 15) is 4.79 Å². The van der Waals surface area contributed by atoms with Gasteiger partial charge in [-0.2, -0.15) is 15.4 Å². The number of rotatable bonds is 3. The Bertz CT molecular complexity index is 528. The number of nitrogens with zero attached hydrogens (tertiary/aromatic N) is 3. The molecule has 0 aliphatic heterocycles. The van der Waals surface area contributed by atoms with Crippen molar-refractivity contribution in [2.24, 2.45) is 0 Å². The minimum atomic E-state index is -0.266. The van der Waals surface area contributed by atoms with E-state index in [1.165, 1.54) is 0 Å². The lowest BCUT2D eigenvalue weighted by atomic mass is 10.2. The third kappa shape index (κ3) is 2.32. The van der Waals surface area contributed by atoms with E-state index in [1.54, 1.807) is 13.1 Å². The number of amides is 1. The first-order valence-corrected chi connectivity index (χ1v) is 5.27. The van der Waals surface area contributed by atoms with E-state index in [2.05, 4.69) is 30.7 Å². The van der Waals surface area contributed by atoms with Crippen LogP contribution in [0, 0.1) is 13.8 Å². The second kappa shape index (κ2) is 4.36. The van der Waals surface area contributed by atoms with E-state index < -0.39 is 0 Å². The van der Waals surface area contributed by atoms with Crippen LogP contribution in [-0.2, 0) is 0 Å². The number of aryl methyl sites for hydroxylation is 2. The van der Waals surface area contributed by atoms with Crippen molar-refractivity contribution in [3.05, 3.63) is 29.1 Å². The SMILES string of the molecule is Cc1cnc(C(C)NC(=O)c2n[nH]nc2C)[nH]1. The summed E-state index contributed by atoms with van der Waals surface area (Å²) in [5.41, 5.74) is 1.84. The highest BCUT2D eigenvalue weighted by Gasteiger charge is 2.17. The molecular formula is C10H14N6O. The summed E-state index contributed by atoms with van der Waals surface area (Å²) in [4.78, 5) is 19.1. The first-order chi connectivity index (χ1) is 8.08. The van der Waals surface area contributed by atoms with Crippen LogP contribution in [0.4, 0.5) is 0 Å². The standard InChI is InChI=1S/C10H14N6O/c1-5-4-11-9(12-5)7(3)13-10(17)8-6(2)14-16-15-8/h4,7H,1-3H3,(H,11,12)(H,13,17)(H,14,15,16). The topological polar surface area (TPSA) is 99.3 Å². The van der Waals surface area contributed by atoms with Crippen molar-refractivity contribution in [2.45, 2.75) is 26.8 Å². The van der Waals surface area contributed by atoms with Crippen molar-refractivity contribution in [2.75, 3.05) is 0 Å². The van der Waals surface area contributed by atoms with Gasteiger partial charge in [-0.25, -0.2) is 4.98 Å². The van der Waals surface area contributed by atoms with Crippen LogP contribution in [0.2, 0.25) is 0 Å². The van der Waals surface area contributed by atoms with Crippen LogP contribution in [0.5, 0.6) is 0 Å². The predicted molar refractivity (Wildman–Crippen MR) is 60.3 cm³/mol. The molecule has 2 aromatic rings. The van der Waals surface area contributed by atoms with E-state index in [0.29, 0.717) is 11.4 Å². The Morgan fingerprint density at radius 1 is 1.41 bits per heavy atom. The summed E-state index contributed by atoms with van der Waals surface area (Å²) in [5, 5.41) is 12.8. The number of hydrogen-bond donors (Lipinski definition) is 3. The van der Waals surface area contributed by atoms with Crippen molar-refractivity contribution in [1.82, 2.24) is 30.7 Å². The molecule has 7 nitrogen and oxygen atoms in total. The molecular weight excluding hydrogens is 220 g/mol. The van der Waals surface area contributed by atoms with E-state index in [-0.39, 0.29) is 11.9 Å². The predicted octanol–water partition coefficient (Wildman–Crippen LogP) is 0.636. The molecule has 7 heteroatoms. The van der Waals surface area contributed by atoms with Gasteiger partial charge in [-0.1, -0.05) is 0 Å². The average Bonchev–Trinajstić information content (AvgIpc) is 2.86. The summed E-state index contributed by atoms with van der Waals surface area (Å²) in [6.45, 7) is 5.48. The molecule has 0 aliphatic rings. The van der Waals surface area contributed by atoms with Crippen molar-refractivity contribution in [3.8, 4) is 0 Å². The quantitative estimate of drug-likeness (QED) is 0.725. The zero-order valence-electron chi connectivity index (χ0n) is 9.90. The molecule has 90 valence electrons. The fourth-order valence-electron chi connectivity index (χ4n) is 1.49. The summed E-state index contributed by atoms with van der Waals surface area (Å²) >= 11 is 0. The maximum Gasteiger partial charge on any atom is 0.274 e. The number of H-pyrrole nitrogens is 2. The van der Waals surface area contributed by atoms with Gasteiger partial charge in [-0.15, -0.1) is 0 Å². The molecule has 0 fully saturated rings. The zero-order chi connectivity index (χ0) is 12.4. The zero-order valence-corrected chi connectivity index (χ0v) is 9.90. The molecule has 17 heavy (non-hydrogen) atoms. The molecule has 1 amide bonds. The lowest BCUT2D eigenvalue weighted by Gasteiger charge is -2.10. The fraction of sp³-hybridized carbons (Fsp3) is 0.400. The molecule has 0 aromatic carbocycles. The van der Waals surface area contributed by atoms with Crippen molar-refractivity contribution in [3.63, 3.8) is 0 Å². The molecule has 3 N–H and O–H groups in total. The number of nitrogens with one attached hydrogen (secondary N) is 3.